The quantitative estimate of drug-likeness (QED) is 0.865. The second kappa shape index (κ2) is 3.88. The Labute approximate surface area is 97.3 Å². The van der Waals surface area contributed by atoms with Crippen molar-refractivity contribution in [3.05, 3.63) is 34.8 Å². The molecule has 0 radical (unpaired) electrons. The highest BCUT2D eigenvalue weighted by Gasteiger charge is 2.13. The van der Waals surface area contributed by atoms with Gasteiger partial charge in [0.1, 0.15) is 10.8 Å². The molecule has 0 atom stereocenters. The SMILES string of the molecule is OCc1csc(-c2ccc3c(c2)CCO3)n1. The molecule has 16 heavy (non-hydrogen) atoms. The standard InChI is InChI=1S/C12H11NO2S/c14-6-10-7-16-12(13-10)9-1-2-11-8(5-9)3-4-15-11/h1-2,5,7,14H,3-4,6H2. The maximum Gasteiger partial charge on any atom is 0.123 e. The second-order valence-corrected chi connectivity index (χ2v) is 4.58. The number of ether oxygens (including phenoxy) is 1. The minimum Gasteiger partial charge on any atom is -0.493 e. The first kappa shape index (κ1) is 9.81. The summed E-state index contributed by atoms with van der Waals surface area (Å²) in [4.78, 5) is 4.35. The van der Waals surface area contributed by atoms with Gasteiger partial charge in [-0.15, -0.1) is 11.3 Å². The van der Waals surface area contributed by atoms with Gasteiger partial charge in [0, 0.05) is 17.4 Å². The smallest absolute Gasteiger partial charge is 0.123 e. The topological polar surface area (TPSA) is 42.4 Å². The van der Waals surface area contributed by atoms with Crippen LogP contribution in [0.4, 0.5) is 0 Å². The van der Waals surface area contributed by atoms with Crippen LogP contribution in [0.1, 0.15) is 11.3 Å². The minimum absolute atomic E-state index is 0.00452. The van der Waals surface area contributed by atoms with Gasteiger partial charge in [0.2, 0.25) is 0 Å². The number of hydrogen-bond donors (Lipinski definition) is 1. The summed E-state index contributed by atoms with van der Waals surface area (Å²) in [6, 6.07) is 6.14. The fraction of sp³-hybridized carbons (Fsp3) is 0.250. The van der Waals surface area contributed by atoms with Gasteiger partial charge in [-0.1, -0.05) is 0 Å². The fourth-order valence-electron chi connectivity index (χ4n) is 1.83. The number of fused-ring (bicyclic) bond motifs is 1. The Bertz CT molecular complexity index is 521. The highest BCUT2D eigenvalue weighted by molar-refractivity contribution is 7.13. The summed E-state index contributed by atoms with van der Waals surface area (Å²) in [5, 5.41) is 11.8. The van der Waals surface area contributed by atoms with E-state index >= 15 is 0 Å². The van der Waals surface area contributed by atoms with Crippen molar-refractivity contribution < 1.29 is 9.84 Å². The third-order valence-corrected chi connectivity index (χ3v) is 3.59. The Balaban J connectivity index is 2.00. The average Bonchev–Trinajstić information content (AvgIpc) is 2.96. The van der Waals surface area contributed by atoms with Gasteiger partial charge >= 0.3 is 0 Å². The van der Waals surface area contributed by atoms with Crippen molar-refractivity contribution in [1.29, 1.82) is 0 Å². The van der Waals surface area contributed by atoms with Crippen molar-refractivity contribution in [2.24, 2.45) is 0 Å². The number of rotatable bonds is 2. The Kier molecular flexibility index (Phi) is 2.38. The molecule has 0 amide bonds. The number of aromatic nitrogens is 1. The Hall–Kier alpha value is -1.39. The zero-order chi connectivity index (χ0) is 11.0. The van der Waals surface area contributed by atoms with Crippen LogP contribution in [-0.4, -0.2) is 16.7 Å². The molecule has 3 nitrogen and oxygen atoms in total. The molecular formula is C12H11NO2S. The van der Waals surface area contributed by atoms with E-state index in [-0.39, 0.29) is 6.61 Å². The molecule has 1 aromatic heterocycles. The van der Waals surface area contributed by atoms with Crippen LogP contribution in [0.25, 0.3) is 10.6 Å². The molecule has 0 unspecified atom stereocenters. The van der Waals surface area contributed by atoms with Crippen molar-refractivity contribution >= 4 is 11.3 Å². The summed E-state index contributed by atoms with van der Waals surface area (Å²) >= 11 is 1.56. The van der Waals surface area contributed by atoms with Gasteiger partial charge in [0.05, 0.1) is 18.9 Å². The van der Waals surface area contributed by atoms with Crippen LogP contribution in [-0.2, 0) is 13.0 Å². The molecule has 0 spiro atoms. The lowest BCUT2D eigenvalue weighted by Crippen LogP contribution is -1.85. The van der Waals surface area contributed by atoms with E-state index in [1.165, 1.54) is 5.56 Å². The number of thiazole rings is 1. The van der Waals surface area contributed by atoms with Crippen LogP contribution < -0.4 is 4.74 Å². The molecular weight excluding hydrogens is 222 g/mol. The van der Waals surface area contributed by atoms with Crippen molar-refractivity contribution in [2.75, 3.05) is 6.61 Å². The highest BCUT2D eigenvalue weighted by Crippen LogP contribution is 2.31. The highest BCUT2D eigenvalue weighted by atomic mass is 32.1. The fourth-order valence-corrected chi connectivity index (χ4v) is 2.64. The van der Waals surface area contributed by atoms with E-state index in [9.17, 15) is 0 Å². The molecule has 4 heteroatoms. The monoisotopic (exact) mass is 233 g/mol. The Morgan fingerprint density at radius 2 is 2.38 bits per heavy atom. The number of aliphatic hydroxyl groups excluding tert-OH is 1. The van der Waals surface area contributed by atoms with Crippen LogP contribution in [0.15, 0.2) is 23.6 Å². The summed E-state index contributed by atoms with van der Waals surface area (Å²) in [7, 11) is 0. The van der Waals surface area contributed by atoms with E-state index in [1.807, 2.05) is 17.5 Å². The molecule has 3 rings (SSSR count). The lowest BCUT2D eigenvalue weighted by atomic mass is 10.1. The van der Waals surface area contributed by atoms with Crippen molar-refractivity contribution in [3.63, 3.8) is 0 Å². The first-order valence-corrected chi connectivity index (χ1v) is 6.06. The lowest BCUT2D eigenvalue weighted by molar-refractivity contribution is 0.278. The molecule has 1 aliphatic heterocycles. The maximum atomic E-state index is 8.98. The van der Waals surface area contributed by atoms with Gasteiger partial charge in [0.15, 0.2) is 0 Å². The molecule has 0 saturated carbocycles. The van der Waals surface area contributed by atoms with Gasteiger partial charge in [-0.25, -0.2) is 4.98 Å². The first-order valence-electron chi connectivity index (χ1n) is 5.18. The molecule has 1 N–H and O–H groups in total. The van der Waals surface area contributed by atoms with E-state index < -0.39 is 0 Å². The van der Waals surface area contributed by atoms with Crippen LogP contribution in [0.5, 0.6) is 5.75 Å². The van der Waals surface area contributed by atoms with E-state index in [1.54, 1.807) is 11.3 Å². The minimum atomic E-state index is 0.00452. The zero-order valence-electron chi connectivity index (χ0n) is 8.64. The van der Waals surface area contributed by atoms with E-state index in [0.29, 0.717) is 0 Å². The number of hydrogen-bond acceptors (Lipinski definition) is 4. The van der Waals surface area contributed by atoms with Gasteiger partial charge in [0.25, 0.3) is 0 Å². The molecule has 1 aliphatic rings. The molecule has 0 fully saturated rings. The van der Waals surface area contributed by atoms with Crippen LogP contribution in [0, 0.1) is 0 Å². The Morgan fingerprint density at radius 1 is 1.44 bits per heavy atom. The van der Waals surface area contributed by atoms with E-state index in [4.69, 9.17) is 9.84 Å². The molecule has 2 aromatic rings. The first-order chi connectivity index (χ1) is 7.86. The largest absolute Gasteiger partial charge is 0.493 e. The average molecular weight is 233 g/mol. The van der Waals surface area contributed by atoms with Crippen LogP contribution >= 0.6 is 11.3 Å². The predicted octanol–water partition coefficient (Wildman–Crippen LogP) is 2.24. The molecule has 0 saturated heterocycles. The summed E-state index contributed by atoms with van der Waals surface area (Å²) in [6.45, 7) is 0.781. The molecule has 0 bridgehead atoms. The third kappa shape index (κ3) is 1.60. The molecule has 82 valence electrons. The van der Waals surface area contributed by atoms with E-state index in [0.717, 1.165) is 35.0 Å². The van der Waals surface area contributed by atoms with Crippen molar-refractivity contribution in [3.8, 4) is 16.3 Å². The second-order valence-electron chi connectivity index (χ2n) is 3.72. The van der Waals surface area contributed by atoms with Crippen LogP contribution in [0.3, 0.4) is 0 Å². The van der Waals surface area contributed by atoms with Gasteiger partial charge in [-0.05, 0) is 23.8 Å². The van der Waals surface area contributed by atoms with Gasteiger partial charge in [-0.3, -0.25) is 0 Å². The third-order valence-electron chi connectivity index (χ3n) is 2.65. The molecule has 0 aliphatic carbocycles. The van der Waals surface area contributed by atoms with E-state index in [2.05, 4.69) is 11.1 Å². The van der Waals surface area contributed by atoms with Crippen molar-refractivity contribution in [2.45, 2.75) is 13.0 Å². The molecule has 1 aromatic carbocycles. The Morgan fingerprint density at radius 3 is 3.19 bits per heavy atom. The predicted molar refractivity (Wildman–Crippen MR) is 62.7 cm³/mol. The summed E-state index contributed by atoms with van der Waals surface area (Å²) in [6.07, 6.45) is 0.974. The zero-order valence-corrected chi connectivity index (χ0v) is 9.46. The summed E-state index contributed by atoms with van der Waals surface area (Å²) < 4.78 is 5.46. The molecule has 2 heterocycles. The number of nitrogens with zero attached hydrogens (tertiary/aromatic N) is 1. The maximum absolute atomic E-state index is 8.98. The normalized spacial score (nSPS) is 13.6. The summed E-state index contributed by atoms with van der Waals surface area (Å²) in [5.41, 5.74) is 3.09. The lowest BCUT2D eigenvalue weighted by Gasteiger charge is -2.00. The van der Waals surface area contributed by atoms with Gasteiger partial charge in [-0.2, -0.15) is 0 Å². The summed E-state index contributed by atoms with van der Waals surface area (Å²) in [5.74, 6) is 0.989. The van der Waals surface area contributed by atoms with Gasteiger partial charge < -0.3 is 9.84 Å². The van der Waals surface area contributed by atoms with Crippen molar-refractivity contribution in [1.82, 2.24) is 4.98 Å². The van der Waals surface area contributed by atoms with Crippen LogP contribution in [0.2, 0.25) is 0 Å². The number of benzene rings is 1. The number of aliphatic hydroxyl groups is 1.